The van der Waals surface area contributed by atoms with E-state index in [0.717, 1.165) is 11.3 Å². The van der Waals surface area contributed by atoms with Crippen molar-refractivity contribution in [1.29, 1.82) is 5.26 Å². The Morgan fingerprint density at radius 1 is 1.28 bits per heavy atom. The third-order valence-corrected chi connectivity index (χ3v) is 2.72. The second kappa shape index (κ2) is 4.41. The number of nitrogens with two attached hydrogens (primary N) is 1. The van der Waals surface area contributed by atoms with Crippen LogP contribution in [0.3, 0.4) is 0 Å². The molecule has 2 rings (SSSR count). The van der Waals surface area contributed by atoms with Crippen molar-refractivity contribution in [3.63, 3.8) is 0 Å². The Hall–Kier alpha value is -2.48. The van der Waals surface area contributed by atoms with Crippen LogP contribution in [0.5, 0.6) is 0 Å². The van der Waals surface area contributed by atoms with E-state index in [9.17, 15) is 0 Å². The molecule has 0 spiro atoms. The Bertz CT molecular complexity index is 602. The van der Waals surface area contributed by atoms with Gasteiger partial charge in [-0.25, -0.2) is 4.68 Å². The predicted octanol–water partition coefficient (Wildman–Crippen LogP) is 1.70. The zero-order chi connectivity index (χ0) is 13.3. The van der Waals surface area contributed by atoms with E-state index in [-0.39, 0.29) is 0 Å². The minimum atomic E-state index is 0.366. The van der Waals surface area contributed by atoms with Gasteiger partial charge in [0.05, 0.1) is 5.69 Å². The number of aryl methyl sites for hydroxylation is 1. The molecule has 0 fully saturated rings. The molecule has 0 atom stereocenters. The van der Waals surface area contributed by atoms with Crippen LogP contribution in [0.2, 0.25) is 0 Å². The largest absolute Gasteiger partial charge is 0.382 e. The molecule has 0 radical (unpaired) electrons. The number of aromatic nitrogens is 2. The average molecular weight is 241 g/mol. The van der Waals surface area contributed by atoms with Gasteiger partial charge in [-0.05, 0) is 19.1 Å². The summed E-state index contributed by atoms with van der Waals surface area (Å²) < 4.78 is 1.59. The number of nitrogen functional groups attached to an aromatic ring is 1. The van der Waals surface area contributed by atoms with Crippen LogP contribution in [0.4, 0.5) is 11.6 Å². The van der Waals surface area contributed by atoms with Gasteiger partial charge in [0, 0.05) is 14.1 Å². The summed E-state index contributed by atoms with van der Waals surface area (Å²) in [5.41, 5.74) is 8.39. The molecule has 2 N–H and O–H groups in total. The third-order valence-electron chi connectivity index (χ3n) is 2.72. The standard InChI is InChI=1S/C13H15N5/c1-9-4-6-10(7-5-9)18-12(15)11(8-14)13(16-18)17(2)3/h4-7H,15H2,1-3H3. The van der Waals surface area contributed by atoms with Crippen molar-refractivity contribution in [2.24, 2.45) is 0 Å². The maximum absolute atomic E-state index is 9.14. The number of benzene rings is 1. The molecule has 5 nitrogen and oxygen atoms in total. The van der Waals surface area contributed by atoms with Crippen LogP contribution in [0.15, 0.2) is 24.3 Å². The highest BCUT2D eigenvalue weighted by molar-refractivity contribution is 5.66. The van der Waals surface area contributed by atoms with Crippen molar-refractivity contribution in [2.45, 2.75) is 6.92 Å². The quantitative estimate of drug-likeness (QED) is 0.868. The number of hydrogen-bond acceptors (Lipinski definition) is 4. The average Bonchev–Trinajstić information content (AvgIpc) is 2.67. The number of nitriles is 1. The second-order valence-corrected chi connectivity index (χ2v) is 4.34. The van der Waals surface area contributed by atoms with Crippen LogP contribution >= 0.6 is 0 Å². The first-order valence-corrected chi connectivity index (χ1v) is 5.57. The molecule has 1 aromatic carbocycles. The summed E-state index contributed by atoms with van der Waals surface area (Å²) in [6.07, 6.45) is 0. The van der Waals surface area contributed by atoms with Gasteiger partial charge in [0.2, 0.25) is 0 Å². The minimum absolute atomic E-state index is 0.366. The fourth-order valence-corrected chi connectivity index (χ4v) is 1.72. The second-order valence-electron chi connectivity index (χ2n) is 4.34. The van der Waals surface area contributed by atoms with Crippen molar-refractivity contribution in [2.75, 3.05) is 24.7 Å². The van der Waals surface area contributed by atoms with Crippen molar-refractivity contribution in [1.82, 2.24) is 9.78 Å². The molecule has 18 heavy (non-hydrogen) atoms. The molecule has 0 unspecified atom stereocenters. The highest BCUT2D eigenvalue weighted by atomic mass is 15.4. The van der Waals surface area contributed by atoms with Crippen LogP contribution in [-0.4, -0.2) is 23.9 Å². The van der Waals surface area contributed by atoms with Gasteiger partial charge in [-0.3, -0.25) is 0 Å². The van der Waals surface area contributed by atoms with Gasteiger partial charge < -0.3 is 10.6 Å². The lowest BCUT2D eigenvalue weighted by molar-refractivity contribution is 0.874. The van der Waals surface area contributed by atoms with E-state index in [0.29, 0.717) is 17.2 Å². The fraction of sp³-hybridized carbons (Fsp3) is 0.231. The molecule has 0 aliphatic heterocycles. The molecule has 2 aromatic rings. The van der Waals surface area contributed by atoms with Crippen molar-refractivity contribution >= 4 is 11.6 Å². The van der Waals surface area contributed by atoms with Crippen LogP contribution in [-0.2, 0) is 0 Å². The molecule has 0 bridgehead atoms. The number of hydrogen-bond donors (Lipinski definition) is 1. The van der Waals surface area contributed by atoms with E-state index in [1.165, 1.54) is 0 Å². The highest BCUT2D eigenvalue weighted by Crippen LogP contribution is 2.25. The van der Waals surface area contributed by atoms with E-state index in [2.05, 4.69) is 11.2 Å². The van der Waals surface area contributed by atoms with Gasteiger partial charge in [0.1, 0.15) is 17.5 Å². The Labute approximate surface area is 106 Å². The van der Waals surface area contributed by atoms with Crippen LogP contribution < -0.4 is 10.6 Å². The van der Waals surface area contributed by atoms with E-state index in [4.69, 9.17) is 11.0 Å². The smallest absolute Gasteiger partial charge is 0.170 e. The minimum Gasteiger partial charge on any atom is -0.382 e. The normalized spacial score (nSPS) is 10.1. The first-order valence-electron chi connectivity index (χ1n) is 5.57. The van der Waals surface area contributed by atoms with E-state index in [1.807, 2.05) is 45.3 Å². The lowest BCUT2D eigenvalue weighted by Crippen LogP contribution is -2.11. The highest BCUT2D eigenvalue weighted by Gasteiger charge is 2.17. The first kappa shape index (κ1) is 12.0. The Kier molecular flexibility index (Phi) is 2.94. The molecular weight excluding hydrogens is 226 g/mol. The lowest BCUT2D eigenvalue weighted by Gasteiger charge is -2.07. The van der Waals surface area contributed by atoms with Crippen LogP contribution in [0.1, 0.15) is 11.1 Å². The summed E-state index contributed by atoms with van der Waals surface area (Å²) >= 11 is 0. The third kappa shape index (κ3) is 1.89. The molecule has 5 heteroatoms. The molecule has 0 saturated carbocycles. The van der Waals surface area contributed by atoms with Crippen LogP contribution in [0.25, 0.3) is 5.69 Å². The fourth-order valence-electron chi connectivity index (χ4n) is 1.72. The van der Waals surface area contributed by atoms with Gasteiger partial charge in [0.25, 0.3) is 0 Å². The van der Waals surface area contributed by atoms with Gasteiger partial charge in [-0.2, -0.15) is 5.26 Å². The summed E-state index contributed by atoms with van der Waals surface area (Å²) in [6.45, 7) is 2.02. The first-order chi connectivity index (χ1) is 8.54. The predicted molar refractivity (Wildman–Crippen MR) is 71.8 cm³/mol. The Morgan fingerprint density at radius 2 is 1.89 bits per heavy atom. The summed E-state index contributed by atoms with van der Waals surface area (Å²) in [6, 6.07) is 9.92. The molecular formula is C13H15N5. The monoisotopic (exact) mass is 241 g/mol. The maximum Gasteiger partial charge on any atom is 0.170 e. The lowest BCUT2D eigenvalue weighted by atomic mass is 10.2. The summed E-state index contributed by atoms with van der Waals surface area (Å²) in [7, 11) is 3.67. The molecule has 92 valence electrons. The molecule has 0 saturated heterocycles. The Morgan fingerprint density at radius 3 is 2.33 bits per heavy atom. The van der Waals surface area contributed by atoms with Gasteiger partial charge >= 0.3 is 0 Å². The summed E-state index contributed by atoms with van der Waals surface area (Å²) in [4.78, 5) is 1.78. The van der Waals surface area contributed by atoms with Gasteiger partial charge in [-0.15, -0.1) is 5.10 Å². The van der Waals surface area contributed by atoms with Crippen LogP contribution in [0, 0.1) is 18.3 Å². The topological polar surface area (TPSA) is 70.9 Å². The SMILES string of the molecule is Cc1ccc(-n2nc(N(C)C)c(C#N)c2N)cc1. The summed E-state index contributed by atoms with van der Waals surface area (Å²) in [5, 5.41) is 13.5. The van der Waals surface area contributed by atoms with E-state index in [1.54, 1.807) is 9.58 Å². The molecule has 0 amide bonds. The van der Waals surface area contributed by atoms with E-state index >= 15 is 0 Å². The van der Waals surface area contributed by atoms with Gasteiger partial charge in [-0.1, -0.05) is 17.7 Å². The zero-order valence-electron chi connectivity index (χ0n) is 10.7. The van der Waals surface area contributed by atoms with Crippen molar-refractivity contribution in [3.05, 3.63) is 35.4 Å². The molecule has 0 aliphatic rings. The number of rotatable bonds is 2. The molecule has 0 aliphatic carbocycles. The van der Waals surface area contributed by atoms with Crippen molar-refractivity contribution in [3.8, 4) is 11.8 Å². The molecule has 1 heterocycles. The van der Waals surface area contributed by atoms with E-state index < -0.39 is 0 Å². The summed E-state index contributed by atoms with van der Waals surface area (Å²) in [5.74, 6) is 0.945. The molecule has 1 aromatic heterocycles. The van der Waals surface area contributed by atoms with Gasteiger partial charge in [0.15, 0.2) is 5.82 Å². The zero-order valence-corrected chi connectivity index (χ0v) is 10.7. The van der Waals surface area contributed by atoms with Crippen molar-refractivity contribution < 1.29 is 0 Å². The Balaban J connectivity index is 2.59. The number of nitrogens with zero attached hydrogens (tertiary/aromatic N) is 4. The maximum atomic E-state index is 9.14. The number of anilines is 2.